The highest BCUT2D eigenvalue weighted by molar-refractivity contribution is 5.62. The third-order valence-electron chi connectivity index (χ3n) is 7.66. The van der Waals surface area contributed by atoms with Crippen molar-refractivity contribution < 1.29 is 18.9 Å². The molecule has 4 aliphatic rings. The summed E-state index contributed by atoms with van der Waals surface area (Å²) in [7, 11) is 0. The van der Waals surface area contributed by atoms with E-state index in [9.17, 15) is 0 Å². The van der Waals surface area contributed by atoms with Crippen molar-refractivity contribution in [1.29, 1.82) is 0 Å². The van der Waals surface area contributed by atoms with Gasteiger partial charge in [0, 0.05) is 53.0 Å². The van der Waals surface area contributed by atoms with Crippen LogP contribution in [0.25, 0.3) is 0 Å². The summed E-state index contributed by atoms with van der Waals surface area (Å²) in [4.78, 5) is 0. The topological polar surface area (TPSA) is 36.9 Å². The van der Waals surface area contributed by atoms with Gasteiger partial charge in [-0.05, 0) is 34.9 Å². The van der Waals surface area contributed by atoms with Crippen LogP contribution in [0.4, 0.5) is 0 Å². The molecular formula is C28H34O4. The zero-order chi connectivity index (χ0) is 22.3. The second kappa shape index (κ2) is 6.82. The predicted molar refractivity (Wildman–Crippen MR) is 125 cm³/mol. The average Bonchev–Trinajstić information content (AvgIpc) is 3.49. The van der Waals surface area contributed by atoms with E-state index in [0.717, 1.165) is 75.1 Å². The maximum atomic E-state index is 6.43. The third-order valence-corrected chi connectivity index (χ3v) is 7.66. The highest BCUT2D eigenvalue weighted by Crippen LogP contribution is 2.54. The highest BCUT2D eigenvalue weighted by atomic mass is 16.5. The Morgan fingerprint density at radius 2 is 1.41 bits per heavy atom. The van der Waals surface area contributed by atoms with E-state index in [1.54, 1.807) is 0 Å². The quantitative estimate of drug-likeness (QED) is 0.627. The fourth-order valence-electron chi connectivity index (χ4n) is 6.34. The lowest BCUT2D eigenvalue weighted by atomic mass is 9.72. The molecule has 1 atom stereocenters. The predicted octanol–water partition coefficient (Wildman–Crippen LogP) is 5.63. The molecule has 0 bridgehead atoms. The Kier molecular flexibility index (Phi) is 4.32. The Balaban J connectivity index is 1.42. The van der Waals surface area contributed by atoms with E-state index in [1.807, 2.05) is 0 Å². The molecular weight excluding hydrogens is 400 g/mol. The van der Waals surface area contributed by atoms with Crippen LogP contribution in [0.1, 0.15) is 80.3 Å². The fraction of sp³-hybridized carbons (Fsp3) is 0.571. The van der Waals surface area contributed by atoms with Gasteiger partial charge < -0.3 is 18.9 Å². The summed E-state index contributed by atoms with van der Waals surface area (Å²) in [6.07, 6.45) is 3.97. The molecule has 170 valence electrons. The number of ether oxygens (including phenoxy) is 4. The molecule has 0 saturated carbocycles. The molecule has 0 aromatic heterocycles. The molecule has 0 N–H and O–H groups in total. The van der Waals surface area contributed by atoms with E-state index in [0.29, 0.717) is 5.92 Å². The van der Waals surface area contributed by atoms with Gasteiger partial charge in [0.2, 0.25) is 0 Å². The molecule has 0 spiro atoms. The van der Waals surface area contributed by atoms with Crippen LogP contribution in [0.3, 0.4) is 0 Å². The average molecular weight is 435 g/mol. The van der Waals surface area contributed by atoms with Crippen molar-refractivity contribution in [2.75, 3.05) is 26.4 Å². The Morgan fingerprint density at radius 1 is 0.750 bits per heavy atom. The van der Waals surface area contributed by atoms with Crippen LogP contribution >= 0.6 is 0 Å². The Morgan fingerprint density at radius 3 is 2.12 bits per heavy atom. The molecule has 0 fully saturated rings. The van der Waals surface area contributed by atoms with E-state index in [-0.39, 0.29) is 10.8 Å². The summed E-state index contributed by atoms with van der Waals surface area (Å²) in [6.45, 7) is 14.6. The first kappa shape index (κ1) is 20.3. The molecule has 2 aromatic carbocycles. The van der Waals surface area contributed by atoms with Crippen molar-refractivity contribution >= 4 is 0 Å². The Hall–Kier alpha value is -2.36. The van der Waals surface area contributed by atoms with Gasteiger partial charge in [0.05, 0.1) is 26.4 Å². The van der Waals surface area contributed by atoms with Crippen LogP contribution in [-0.4, -0.2) is 26.4 Å². The van der Waals surface area contributed by atoms with Crippen molar-refractivity contribution in [1.82, 2.24) is 0 Å². The molecule has 4 nitrogen and oxygen atoms in total. The van der Waals surface area contributed by atoms with Gasteiger partial charge in [0.25, 0.3) is 0 Å². The first-order chi connectivity index (χ1) is 15.2. The van der Waals surface area contributed by atoms with E-state index < -0.39 is 0 Å². The van der Waals surface area contributed by atoms with Gasteiger partial charge in [-0.3, -0.25) is 0 Å². The molecule has 4 heteroatoms. The van der Waals surface area contributed by atoms with Crippen molar-refractivity contribution in [2.24, 2.45) is 0 Å². The maximum absolute atomic E-state index is 6.43. The summed E-state index contributed by atoms with van der Waals surface area (Å²) in [5.74, 6) is 4.70. The van der Waals surface area contributed by atoms with E-state index in [2.05, 4.69) is 46.8 Å². The summed E-state index contributed by atoms with van der Waals surface area (Å²) in [5, 5.41) is 0. The zero-order valence-electron chi connectivity index (χ0n) is 20.0. The number of rotatable bonds is 3. The summed E-state index contributed by atoms with van der Waals surface area (Å²) < 4.78 is 24.7. The molecule has 1 unspecified atom stereocenters. The first-order valence-electron chi connectivity index (χ1n) is 12.1. The Bertz CT molecular complexity index is 1070. The minimum atomic E-state index is -0.0412. The molecule has 0 aliphatic carbocycles. The lowest BCUT2D eigenvalue weighted by molar-refractivity contribution is 0.288. The molecule has 32 heavy (non-hydrogen) atoms. The van der Waals surface area contributed by atoms with Gasteiger partial charge in [-0.2, -0.15) is 0 Å². The monoisotopic (exact) mass is 434 g/mol. The van der Waals surface area contributed by atoms with Crippen LogP contribution in [0.15, 0.2) is 12.1 Å². The van der Waals surface area contributed by atoms with Crippen molar-refractivity contribution in [3.05, 3.63) is 45.5 Å². The van der Waals surface area contributed by atoms with Crippen LogP contribution < -0.4 is 18.9 Å². The van der Waals surface area contributed by atoms with Crippen molar-refractivity contribution in [3.8, 4) is 23.0 Å². The lowest BCUT2D eigenvalue weighted by Gasteiger charge is -2.31. The van der Waals surface area contributed by atoms with Crippen LogP contribution in [0.2, 0.25) is 0 Å². The number of hydrogen-bond donors (Lipinski definition) is 0. The number of hydrogen-bond acceptors (Lipinski definition) is 4. The zero-order valence-corrected chi connectivity index (χ0v) is 20.0. The summed E-state index contributed by atoms with van der Waals surface area (Å²) in [5.41, 5.74) is 7.94. The van der Waals surface area contributed by atoms with Crippen LogP contribution in [-0.2, 0) is 30.1 Å². The van der Waals surface area contributed by atoms with Crippen molar-refractivity contribution in [2.45, 2.75) is 77.0 Å². The number of benzene rings is 2. The molecule has 0 amide bonds. The van der Waals surface area contributed by atoms with Gasteiger partial charge in [0.1, 0.15) is 23.0 Å². The smallest absolute Gasteiger partial charge is 0.130 e. The molecule has 0 saturated heterocycles. The largest absolute Gasteiger partial charge is 0.493 e. The second-order valence-electron chi connectivity index (χ2n) is 11.5. The summed E-state index contributed by atoms with van der Waals surface area (Å²) >= 11 is 0. The fourth-order valence-corrected chi connectivity index (χ4v) is 6.34. The minimum Gasteiger partial charge on any atom is -0.493 e. The minimum absolute atomic E-state index is 0.0174. The van der Waals surface area contributed by atoms with E-state index in [1.165, 1.54) is 33.4 Å². The van der Waals surface area contributed by atoms with Gasteiger partial charge in [-0.1, -0.05) is 34.6 Å². The summed E-state index contributed by atoms with van der Waals surface area (Å²) in [6, 6.07) is 4.59. The SMILES string of the molecule is CC(C)(C)c1c2c(cc3c1OCC3CC(C)(C)c1c3c(cc4c1OCC4)OCC3)CCO2. The standard InChI is InChI=1S/C28H34O4/c1-27(2,3)23-25-16(6-9-31-25)12-20-18(15-32-26(20)23)14-28(4,5)22-19-8-11-29-21(19)13-17-7-10-30-24(17)22/h12-13,18H,6-11,14-15H2,1-5H3. The molecule has 4 heterocycles. The molecule has 2 aromatic rings. The van der Waals surface area contributed by atoms with E-state index >= 15 is 0 Å². The molecule has 6 rings (SSSR count). The van der Waals surface area contributed by atoms with Gasteiger partial charge in [-0.25, -0.2) is 0 Å². The van der Waals surface area contributed by atoms with Gasteiger partial charge in [0.15, 0.2) is 0 Å². The Labute approximate surface area is 191 Å². The molecule has 4 aliphatic heterocycles. The van der Waals surface area contributed by atoms with Gasteiger partial charge >= 0.3 is 0 Å². The second-order valence-corrected chi connectivity index (χ2v) is 11.5. The van der Waals surface area contributed by atoms with Crippen LogP contribution in [0, 0.1) is 0 Å². The first-order valence-corrected chi connectivity index (χ1v) is 12.1. The van der Waals surface area contributed by atoms with Gasteiger partial charge in [-0.15, -0.1) is 0 Å². The normalized spacial score (nSPS) is 20.6. The highest BCUT2D eigenvalue weighted by Gasteiger charge is 2.41. The molecule has 0 radical (unpaired) electrons. The number of fused-ring (bicyclic) bond motifs is 4. The van der Waals surface area contributed by atoms with Crippen LogP contribution in [0.5, 0.6) is 23.0 Å². The van der Waals surface area contributed by atoms with Crippen molar-refractivity contribution in [3.63, 3.8) is 0 Å². The maximum Gasteiger partial charge on any atom is 0.130 e. The lowest BCUT2D eigenvalue weighted by Crippen LogP contribution is -2.24. The van der Waals surface area contributed by atoms with E-state index in [4.69, 9.17) is 18.9 Å². The third kappa shape index (κ3) is 2.94.